The van der Waals surface area contributed by atoms with Crippen LogP contribution in [0.4, 0.5) is 0 Å². The minimum absolute atomic E-state index is 0.768. The van der Waals surface area contributed by atoms with Crippen LogP contribution >= 0.6 is 11.8 Å². The minimum Gasteiger partial charge on any atom is -0.312 e. The summed E-state index contributed by atoms with van der Waals surface area (Å²) in [6.07, 6.45) is 8.67. The molecule has 0 radical (unpaired) electrons. The summed E-state index contributed by atoms with van der Waals surface area (Å²) in [7, 11) is 0. The number of rotatable bonds is 4. The molecule has 1 unspecified atom stereocenters. The van der Waals surface area contributed by atoms with E-state index in [9.17, 15) is 0 Å². The zero-order chi connectivity index (χ0) is 14.3. The molecule has 2 aliphatic heterocycles. The van der Waals surface area contributed by atoms with Crippen LogP contribution in [0.15, 0.2) is 0 Å². The van der Waals surface area contributed by atoms with Crippen LogP contribution in [-0.4, -0.2) is 73.2 Å². The van der Waals surface area contributed by atoms with E-state index in [-0.39, 0.29) is 0 Å². The Morgan fingerprint density at radius 3 is 2.43 bits per heavy atom. The first-order valence-electron chi connectivity index (χ1n) is 9.18. The van der Waals surface area contributed by atoms with E-state index in [1.54, 1.807) is 0 Å². The van der Waals surface area contributed by atoms with E-state index < -0.39 is 0 Å². The third kappa shape index (κ3) is 5.12. The van der Waals surface area contributed by atoms with Gasteiger partial charge in [0.25, 0.3) is 0 Å². The molecule has 0 aromatic rings. The lowest BCUT2D eigenvalue weighted by molar-refractivity contribution is 0.182. The summed E-state index contributed by atoms with van der Waals surface area (Å²) >= 11 is 2.12. The van der Waals surface area contributed by atoms with Gasteiger partial charge < -0.3 is 15.1 Å². The van der Waals surface area contributed by atoms with Gasteiger partial charge in [-0.1, -0.05) is 19.3 Å². The van der Waals surface area contributed by atoms with Gasteiger partial charge in [0.1, 0.15) is 0 Å². The Hall–Kier alpha value is 0.230. The van der Waals surface area contributed by atoms with Crippen LogP contribution in [0, 0.1) is 5.92 Å². The number of nitrogens with one attached hydrogen (secondary N) is 1. The molecule has 122 valence electrons. The third-order valence-electron chi connectivity index (χ3n) is 5.57. The molecule has 1 saturated carbocycles. The summed E-state index contributed by atoms with van der Waals surface area (Å²) < 4.78 is 0. The highest BCUT2D eigenvalue weighted by Gasteiger charge is 2.26. The van der Waals surface area contributed by atoms with Crippen molar-refractivity contribution < 1.29 is 0 Å². The highest BCUT2D eigenvalue weighted by atomic mass is 32.2. The first-order valence-corrected chi connectivity index (χ1v) is 10.3. The summed E-state index contributed by atoms with van der Waals surface area (Å²) in [5, 5.41) is 3.86. The average Bonchev–Trinajstić information content (AvgIpc) is 2.80. The molecule has 3 nitrogen and oxygen atoms in total. The number of thioether (sulfide) groups is 1. The van der Waals surface area contributed by atoms with Gasteiger partial charge in [0.05, 0.1) is 0 Å². The lowest BCUT2D eigenvalue weighted by atomic mass is 9.83. The Balaban J connectivity index is 1.45. The maximum Gasteiger partial charge on any atom is 0.0223 e. The van der Waals surface area contributed by atoms with Gasteiger partial charge >= 0.3 is 0 Å². The summed E-state index contributed by atoms with van der Waals surface area (Å²) in [6, 6.07) is 0.768. The van der Waals surface area contributed by atoms with E-state index in [0.29, 0.717) is 0 Å². The van der Waals surface area contributed by atoms with Gasteiger partial charge in [0.15, 0.2) is 0 Å². The quantitative estimate of drug-likeness (QED) is 0.858. The third-order valence-corrected chi connectivity index (χ3v) is 6.51. The van der Waals surface area contributed by atoms with Crippen LogP contribution in [0.3, 0.4) is 0 Å². The molecule has 0 bridgehead atoms. The number of hydrogen-bond donors (Lipinski definition) is 1. The van der Waals surface area contributed by atoms with Crippen LogP contribution in [-0.2, 0) is 0 Å². The lowest BCUT2D eigenvalue weighted by Crippen LogP contribution is -2.46. The van der Waals surface area contributed by atoms with E-state index in [4.69, 9.17) is 0 Å². The van der Waals surface area contributed by atoms with Gasteiger partial charge in [-0.15, -0.1) is 0 Å². The Morgan fingerprint density at radius 1 is 0.857 bits per heavy atom. The smallest absolute Gasteiger partial charge is 0.0223 e. The van der Waals surface area contributed by atoms with Gasteiger partial charge in [-0.25, -0.2) is 0 Å². The van der Waals surface area contributed by atoms with Crippen molar-refractivity contribution in [2.45, 2.75) is 44.6 Å². The fourth-order valence-electron chi connectivity index (χ4n) is 4.19. The second-order valence-corrected chi connectivity index (χ2v) is 8.29. The molecule has 4 heteroatoms. The molecule has 0 spiro atoms. The highest BCUT2D eigenvalue weighted by Crippen LogP contribution is 2.27. The maximum absolute atomic E-state index is 3.86. The molecule has 0 aromatic heterocycles. The van der Waals surface area contributed by atoms with Crippen LogP contribution in [0.25, 0.3) is 0 Å². The van der Waals surface area contributed by atoms with Crippen molar-refractivity contribution in [3.8, 4) is 0 Å². The second-order valence-electron chi connectivity index (χ2n) is 7.07. The number of hydrogen-bond acceptors (Lipinski definition) is 4. The molecule has 3 rings (SSSR count). The molecular formula is C17H33N3S. The molecular weight excluding hydrogens is 278 g/mol. The Kier molecular flexibility index (Phi) is 6.71. The van der Waals surface area contributed by atoms with Crippen molar-refractivity contribution in [3.05, 3.63) is 0 Å². The summed E-state index contributed by atoms with van der Waals surface area (Å²) in [5.41, 5.74) is 0. The lowest BCUT2D eigenvalue weighted by Gasteiger charge is -2.34. The molecule has 2 heterocycles. The van der Waals surface area contributed by atoms with E-state index >= 15 is 0 Å². The van der Waals surface area contributed by atoms with Crippen LogP contribution in [0.2, 0.25) is 0 Å². The minimum atomic E-state index is 0.768. The van der Waals surface area contributed by atoms with Gasteiger partial charge in [-0.05, 0) is 38.3 Å². The van der Waals surface area contributed by atoms with Crippen LogP contribution < -0.4 is 5.32 Å². The standard InChI is InChI=1S/C17H33N3S/c1-2-5-16(6-3-1)17-15-20(8-4-7-18-17)10-9-19-11-13-21-14-12-19/h16-18H,1-15H2. The second kappa shape index (κ2) is 8.76. The molecule has 3 aliphatic rings. The van der Waals surface area contributed by atoms with E-state index in [1.807, 2.05) is 0 Å². The maximum atomic E-state index is 3.86. The average molecular weight is 312 g/mol. The molecule has 1 N–H and O–H groups in total. The number of nitrogens with zero attached hydrogens (tertiary/aromatic N) is 2. The van der Waals surface area contributed by atoms with Gasteiger partial charge in [-0.2, -0.15) is 11.8 Å². The Bertz CT molecular complexity index is 288. The van der Waals surface area contributed by atoms with Crippen molar-refractivity contribution in [2.75, 3.05) is 57.3 Å². The van der Waals surface area contributed by atoms with Gasteiger partial charge in [0, 0.05) is 50.3 Å². The van der Waals surface area contributed by atoms with Crippen molar-refractivity contribution in [1.82, 2.24) is 15.1 Å². The summed E-state index contributed by atoms with van der Waals surface area (Å²) in [6.45, 7) is 9.03. The monoisotopic (exact) mass is 311 g/mol. The molecule has 2 saturated heterocycles. The van der Waals surface area contributed by atoms with Crippen molar-refractivity contribution in [2.24, 2.45) is 5.92 Å². The predicted octanol–water partition coefficient (Wildman–Crippen LogP) is 2.28. The topological polar surface area (TPSA) is 18.5 Å². The fraction of sp³-hybridized carbons (Fsp3) is 1.00. The molecule has 0 aromatic carbocycles. The molecule has 0 amide bonds. The largest absolute Gasteiger partial charge is 0.312 e. The summed E-state index contributed by atoms with van der Waals surface area (Å²) in [4.78, 5) is 5.42. The first-order chi connectivity index (χ1) is 10.4. The summed E-state index contributed by atoms with van der Waals surface area (Å²) in [5.74, 6) is 3.63. The molecule has 1 atom stereocenters. The van der Waals surface area contributed by atoms with Crippen molar-refractivity contribution in [1.29, 1.82) is 0 Å². The van der Waals surface area contributed by atoms with E-state index in [1.165, 1.54) is 95.8 Å². The highest BCUT2D eigenvalue weighted by molar-refractivity contribution is 7.99. The van der Waals surface area contributed by atoms with Crippen molar-refractivity contribution in [3.63, 3.8) is 0 Å². The molecule has 1 aliphatic carbocycles. The normalized spacial score (nSPS) is 31.1. The SMILES string of the molecule is C1CCC(C2CN(CCN3CCSCC3)CCCN2)CC1. The van der Waals surface area contributed by atoms with Gasteiger partial charge in [0.2, 0.25) is 0 Å². The fourth-order valence-corrected chi connectivity index (χ4v) is 5.17. The zero-order valence-electron chi connectivity index (χ0n) is 13.6. The Morgan fingerprint density at radius 2 is 1.62 bits per heavy atom. The van der Waals surface area contributed by atoms with E-state index in [0.717, 1.165) is 12.0 Å². The zero-order valence-corrected chi connectivity index (χ0v) is 14.4. The first kappa shape index (κ1) is 16.1. The van der Waals surface area contributed by atoms with Crippen molar-refractivity contribution >= 4 is 11.8 Å². The van der Waals surface area contributed by atoms with Crippen LogP contribution in [0.1, 0.15) is 38.5 Å². The Labute approximate surface area is 135 Å². The molecule has 21 heavy (non-hydrogen) atoms. The van der Waals surface area contributed by atoms with Gasteiger partial charge in [-0.3, -0.25) is 0 Å². The molecule has 3 fully saturated rings. The predicted molar refractivity (Wildman–Crippen MR) is 93.2 cm³/mol. The van der Waals surface area contributed by atoms with E-state index in [2.05, 4.69) is 26.9 Å². The van der Waals surface area contributed by atoms with Crippen LogP contribution in [0.5, 0.6) is 0 Å².